The Hall–Kier alpha value is -1.03. The summed E-state index contributed by atoms with van der Waals surface area (Å²) in [6.07, 6.45) is -2.28. The van der Waals surface area contributed by atoms with Gasteiger partial charge >= 0.3 is 15.6 Å². The van der Waals surface area contributed by atoms with E-state index in [2.05, 4.69) is 14.2 Å². The van der Waals surface area contributed by atoms with Crippen LogP contribution >= 0.6 is 0 Å². The van der Waals surface area contributed by atoms with Crippen molar-refractivity contribution < 1.29 is 30.5 Å². The molecule has 1 aliphatic heterocycles. The van der Waals surface area contributed by atoms with Crippen molar-refractivity contribution >= 4 is 10.1 Å². The number of alkyl halides is 3. The van der Waals surface area contributed by atoms with E-state index < -0.39 is 27.8 Å². The number of hydrogen-bond donors (Lipinski definition) is 0. The minimum Gasteiger partial charge on any atom is -0.375 e. The molecule has 0 aromatic rings. The molecule has 0 spiro atoms. The molecule has 0 bridgehead atoms. The van der Waals surface area contributed by atoms with Crippen LogP contribution < -0.4 is 0 Å². The lowest BCUT2D eigenvalue weighted by atomic mass is 10.2. The molecule has 0 aromatic carbocycles. The molecule has 0 aromatic heterocycles. The fraction of sp³-hybridized carbons (Fsp3) is 1.00. The number of hydrogen-bond acceptors (Lipinski definition) is 5. The Bertz CT molecular complexity index is 417. The van der Waals surface area contributed by atoms with Crippen LogP contribution in [0, 0.1) is 0 Å². The minimum atomic E-state index is -5.65. The van der Waals surface area contributed by atoms with Crippen molar-refractivity contribution in [1.29, 1.82) is 0 Å². The highest BCUT2D eigenvalue weighted by Crippen LogP contribution is 2.29. The van der Waals surface area contributed by atoms with Gasteiger partial charge in [0.25, 0.3) is 0 Å². The Balaban J connectivity index is 2.71. The molecule has 11 heteroatoms. The minimum absolute atomic E-state index is 0.0130. The van der Waals surface area contributed by atoms with Crippen LogP contribution in [-0.2, 0) is 19.0 Å². The van der Waals surface area contributed by atoms with E-state index in [0.29, 0.717) is 0 Å². The average Bonchev–Trinajstić information content (AvgIpc) is 2.60. The first kappa shape index (κ1) is 14.0. The first-order valence-electron chi connectivity index (χ1n) is 4.40. The largest absolute Gasteiger partial charge is 0.523 e. The third-order valence-corrected chi connectivity index (χ3v) is 3.08. The summed E-state index contributed by atoms with van der Waals surface area (Å²) in [5.74, 6) is 0. The maximum atomic E-state index is 12.0. The van der Waals surface area contributed by atoms with Gasteiger partial charge in [-0.05, 0) is 5.53 Å². The fourth-order valence-corrected chi connectivity index (χ4v) is 1.90. The molecule has 1 heterocycles. The summed E-state index contributed by atoms with van der Waals surface area (Å²) in [5.41, 5.74) is 2.56. The summed E-state index contributed by atoms with van der Waals surface area (Å²) in [5, 5.41) is 3.10. The molecule has 0 amide bonds. The van der Waals surface area contributed by atoms with Crippen LogP contribution in [0.15, 0.2) is 5.11 Å². The quantitative estimate of drug-likeness (QED) is 0.254. The number of rotatable bonds is 4. The Kier molecular flexibility index (Phi) is 4.20. The van der Waals surface area contributed by atoms with E-state index in [4.69, 9.17) is 10.3 Å². The molecule has 0 unspecified atom stereocenters. The van der Waals surface area contributed by atoms with Gasteiger partial charge in [0, 0.05) is 17.9 Å². The summed E-state index contributed by atoms with van der Waals surface area (Å²) in [6, 6.07) is 0. The van der Waals surface area contributed by atoms with Crippen molar-refractivity contribution in [3.8, 4) is 0 Å². The number of azide groups is 1. The average molecular weight is 275 g/mol. The first-order valence-corrected chi connectivity index (χ1v) is 5.81. The Morgan fingerprint density at radius 3 is 2.71 bits per heavy atom. The molecule has 0 saturated carbocycles. The standard InChI is InChI=1S/C6H8F3N3O4S/c7-6(8,9)17(13,14)16-4-1-2-15-5(4)3-11-12-10/h4-5H,1-3H2/t4-,5+/m0/s1. The monoisotopic (exact) mass is 275 g/mol. The summed E-state index contributed by atoms with van der Waals surface area (Å²) in [7, 11) is -5.65. The normalized spacial score (nSPS) is 25.6. The molecule has 2 atom stereocenters. The maximum Gasteiger partial charge on any atom is 0.523 e. The predicted molar refractivity (Wildman–Crippen MR) is 48.2 cm³/mol. The summed E-state index contributed by atoms with van der Waals surface area (Å²) < 4.78 is 66.4. The van der Waals surface area contributed by atoms with Crippen molar-refractivity contribution in [2.75, 3.05) is 13.2 Å². The highest BCUT2D eigenvalue weighted by atomic mass is 32.2. The highest BCUT2D eigenvalue weighted by Gasteiger charge is 2.50. The van der Waals surface area contributed by atoms with Gasteiger partial charge in [0.1, 0.15) is 6.10 Å². The summed E-state index contributed by atoms with van der Waals surface area (Å²) in [4.78, 5) is 2.40. The van der Waals surface area contributed by atoms with Gasteiger partial charge in [-0.25, -0.2) is 0 Å². The van der Waals surface area contributed by atoms with E-state index in [1.54, 1.807) is 0 Å². The lowest BCUT2D eigenvalue weighted by Gasteiger charge is -2.17. The smallest absolute Gasteiger partial charge is 0.375 e. The number of halogens is 3. The van der Waals surface area contributed by atoms with Crippen LogP contribution in [0.25, 0.3) is 10.4 Å². The molecule has 0 N–H and O–H groups in total. The van der Waals surface area contributed by atoms with Crippen LogP contribution in [0.1, 0.15) is 6.42 Å². The van der Waals surface area contributed by atoms with Gasteiger partial charge in [0.15, 0.2) is 0 Å². The van der Waals surface area contributed by atoms with Crippen LogP contribution in [0.3, 0.4) is 0 Å². The van der Waals surface area contributed by atoms with Gasteiger partial charge in [0.05, 0.1) is 12.6 Å². The fourth-order valence-electron chi connectivity index (χ4n) is 1.24. The van der Waals surface area contributed by atoms with Crippen molar-refractivity contribution in [3.63, 3.8) is 0 Å². The van der Waals surface area contributed by atoms with Gasteiger partial charge in [-0.15, -0.1) is 0 Å². The topological polar surface area (TPSA) is 101 Å². The third kappa shape index (κ3) is 3.46. The lowest BCUT2D eigenvalue weighted by molar-refractivity contribution is -0.0597. The van der Waals surface area contributed by atoms with Crippen LogP contribution in [-0.4, -0.2) is 39.3 Å². The second-order valence-electron chi connectivity index (χ2n) is 3.15. The van der Waals surface area contributed by atoms with E-state index in [0.717, 1.165) is 0 Å². The second kappa shape index (κ2) is 5.08. The van der Waals surface area contributed by atoms with Crippen molar-refractivity contribution in [3.05, 3.63) is 10.4 Å². The van der Waals surface area contributed by atoms with E-state index >= 15 is 0 Å². The Morgan fingerprint density at radius 1 is 1.53 bits per heavy atom. The second-order valence-corrected chi connectivity index (χ2v) is 4.71. The molecule has 98 valence electrons. The van der Waals surface area contributed by atoms with Gasteiger partial charge in [-0.1, -0.05) is 5.11 Å². The number of nitrogens with zero attached hydrogens (tertiary/aromatic N) is 3. The molecule has 1 rings (SSSR count). The van der Waals surface area contributed by atoms with Gasteiger partial charge in [-0.3, -0.25) is 4.18 Å². The Morgan fingerprint density at radius 2 is 2.18 bits per heavy atom. The maximum absolute atomic E-state index is 12.0. The van der Waals surface area contributed by atoms with Crippen molar-refractivity contribution in [1.82, 2.24) is 0 Å². The third-order valence-electron chi connectivity index (χ3n) is 2.01. The predicted octanol–water partition coefficient (Wildman–Crippen LogP) is 1.32. The number of ether oxygens (including phenoxy) is 1. The molecule has 1 aliphatic rings. The van der Waals surface area contributed by atoms with Crippen molar-refractivity contribution in [2.45, 2.75) is 24.1 Å². The van der Waals surface area contributed by atoms with E-state index in [-0.39, 0.29) is 19.6 Å². The van der Waals surface area contributed by atoms with Crippen LogP contribution in [0.2, 0.25) is 0 Å². The van der Waals surface area contributed by atoms with E-state index in [1.807, 2.05) is 0 Å². The Labute approximate surface area is 94.2 Å². The summed E-state index contributed by atoms with van der Waals surface area (Å²) >= 11 is 0. The van der Waals surface area contributed by atoms with Crippen LogP contribution in [0.5, 0.6) is 0 Å². The van der Waals surface area contributed by atoms with Gasteiger partial charge in [-0.2, -0.15) is 21.6 Å². The zero-order valence-corrected chi connectivity index (χ0v) is 9.11. The van der Waals surface area contributed by atoms with E-state index in [9.17, 15) is 21.6 Å². The first-order chi connectivity index (χ1) is 7.78. The summed E-state index contributed by atoms with van der Waals surface area (Å²) in [6.45, 7) is -0.238. The van der Waals surface area contributed by atoms with E-state index in [1.165, 1.54) is 0 Å². The molecular formula is C6H8F3N3O4S. The molecule has 0 aliphatic carbocycles. The molecule has 7 nitrogen and oxygen atoms in total. The molecular weight excluding hydrogens is 267 g/mol. The van der Waals surface area contributed by atoms with Gasteiger partial charge < -0.3 is 4.74 Å². The highest BCUT2D eigenvalue weighted by molar-refractivity contribution is 7.87. The zero-order chi connectivity index (χ0) is 13.1. The zero-order valence-electron chi connectivity index (χ0n) is 8.29. The molecule has 1 saturated heterocycles. The molecule has 17 heavy (non-hydrogen) atoms. The SMILES string of the molecule is [N-]=[N+]=NC[C@H]1OCC[C@@H]1OS(=O)(=O)C(F)(F)F. The van der Waals surface area contributed by atoms with Crippen LogP contribution in [0.4, 0.5) is 13.2 Å². The lowest BCUT2D eigenvalue weighted by Crippen LogP contribution is -2.35. The molecule has 0 radical (unpaired) electrons. The van der Waals surface area contributed by atoms with Gasteiger partial charge in [0.2, 0.25) is 0 Å². The van der Waals surface area contributed by atoms with Crippen molar-refractivity contribution in [2.24, 2.45) is 5.11 Å². The molecule has 1 fully saturated rings.